The fourth-order valence-corrected chi connectivity index (χ4v) is 3.32. The first kappa shape index (κ1) is 11.3. The van der Waals surface area contributed by atoms with Gasteiger partial charge in [-0.05, 0) is 56.1 Å². The van der Waals surface area contributed by atoms with Crippen LogP contribution in [0.3, 0.4) is 0 Å². The summed E-state index contributed by atoms with van der Waals surface area (Å²) in [5.74, 6) is 3.22. The van der Waals surface area contributed by atoms with Gasteiger partial charge in [-0.15, -0.1) is 0 Å². The van der Waals surface area contributed by atoms with Gasteiger partial charge in [-0.1, -0.05) is 0 Å². The predicted molar refractivity (Wildman–Crippen MR) is 57.8 cm³/mol. The van der Waals surface area contributed by atoms with Crippen LogP contribution < -0.4 is 5.73 Å². The van der Waals surface area contributed by atoms with Crippen molar-refractivity contribution in [1.82, 2.24) is 0 Å². The monoisotopic (exact) mass is 205 g/mol. The third-order valence-electron chi connectivity index (χ3n) is 2.96. The summed E-state index contributed by atoms with van der Waals surface area (Å²) in [6, 6.07) is 0. The van der Waals surface area contributed by atoms with E-state index in [2.05, 4.69) is 0 Å². The summed E-state index contributed by atoms with van der Waals surface area (Å²) in [5, 5.41) is 0. The molecule has 1 fully saturated rings. The maximum absolute atomic E-state index is 13.3. The molecule has 1 aliphatic rings. The fourth-order valence-electron chi connectivity index (χ4n) is 2.18. The minimum Gasteiger partial charge on any atom is -0.330 e. The van der Waals surface area contributed by atoms with Crippen LogP contribution in [0.1, 0.15) is 26.2 Å². The Labute approximate surface area is 84.6 Å². The van der Waals surface area contributed by atoms with Crippen molar-refractivity contribution in [2.75, 3.05) is 18.1 Å². The molecule has 0 saturated carbocycles. The van der Waals surface area contributed by atoms with E-state index in [0.717, 1.165) is 6.42 Å². The molecular formula is C10H20FNS. The van der Waals surface area contributed by atoms with Gasteiger partial charge in [-0.25, -0.2) is 4.39 Å². The summed E-state index contributed by atoms with van der Waals surface area (Å²) in [6.07, 6.45) is 2.54. The number of hydrogen-bond donors (Lipinski definition) is 1. The molecular weight excluding hydrogens is 185 g/mol. The van der Waals surface area contributed by atoms with E-state index in [1.165, 1.54) is 24.3 Å². The highest BCUT2D eigenvalue weighted by molar-refractivity contribution is 7.99. The summed E-state index contributed by atoms with van der Waals surface area (Å²) in [7, 11) is 0. The normalized spacial score (nSPS) is 24.2. The quantitative estimate of drug-likeness (QED) is 0.763. The molecule has 3 heteroatoms. The first-order valence-corrected chi connectivity index (χ1v) is 6.33. The average molecular weight is 205 g/mol. The maximum Gasteiger partial charge on any atom is 0.100 e. The van der Waals surface area contributed by atoms with Crippen molar-refractivity contribution < 1.29 is 4.39 Å². The number of nitrogens with two attached hydrogens (primary N) is 1. The van der Waals surface area contributed by atoms with E-state index >= 15 is 0 Å². The molecule has 0 amide bonds. The number of halogens is 1. The van der Waals surface area contributed by atoms with Gasteiger partial charge in [0.15, 0.2) is 0 Å². The molecule has 0 aromatic heterocycles. The molecule has 0 radical (unpaired) electrons. The van der Waals surface area contributed by atoms with Crippen molar-refractivity contribution in [3.05, 3.63) is 0 Å². The lowest BCUT2D eigenvalue weighted by Crippen LogP contribution is -2.28. The molecule has 2 atom stereocenters. The van der Waals surface area contributed by atoms with E-state index in [1.807, 2.05) is 11.8 Å². The van der Waals surface area contributed by atoms with Crippen LogP contribution in [0.25, 0.3) is 0 Å². The van der Waals surface area contributed by atoms with E-state index in [1.54, 1.807) is 6.92 Å². The molecule has 1 nitrogen and oxygen atoms in total. The van der Waals surface area contributed by atoms with Crippen LogP contribution in [-0.2, 0) is 0 Å². The first-order chi connectivity index (χ1) is 6.25. The van der Waals surface area contributed by atoms with Gasteiger partial charge in [0.1, 0.15) is 6.17 Å². The van der Waals surface area contributed by atoms with Gasteiger partial charge in [0.2, 0.25) is 0 Å². The van der Waals surface area contributed by atoms with Crippen molar-refractivity contribution in [1.29, 1.82) is 0 Å². The molecule has 1 aliphatic heterocycles. The lowest BCUT2D eigenvalue weighted by atomic mass is 9.82. The van der Waals surface area contributed by atoms with Crippen LogP contribution in [-0.4, -0.2) is 24.2 Å². The first-order valence-electron chi connectivity index (χ1n) is 5.17. The van der Waals surface area contributed by atoms with Gasteiger partial charge >= 0.3 is 0 Å². The number of hydrogen-bond acceptors (Lipinski definition) is 2. The average Bonchev–Trinajstić information content (AvgIpc) is 2.15. The lowest BCUT2D eigenvalue weighted by Gasteiger charge is -2.30. The zero-order chi connectivity index (χ0) is 9.68. The Bertz CT molecular complexity index is 135. The molecule has 0 bridgehead atoms. The van der Waals surface area contributed by atoms with Crippen molar-refractivity contribution in [2.45, 2.75) is 32.4 Å². The lowest BCUT2D eigenvalue weighted by molar-refractivity contribution is 0.162. The molecule has 1 saturated heterocycles. The van der Waals surface area contributed by atoms with Gasteiger partial charge in [0.05, 0.1) is 0 Å². The molecule has 1 rings (SSSR count). The molecule has 0 aromatic rings. The Balaban J connectivity index is 2.41. The summed E-state index contributed by atoms with van der Waals surface area (Å²) in [4.78, 5) is 0. The predicted octanol–water partition coefficient (Wildman–Crippen LogP) is 2.45. The molecule has 2 unspecified atom stereocenters. The Morgan fingerprint density at radius 3 is 2.54 bits per heavy atom. The number of rotatable bonds is 4. The van der Waals surface area contributed by atoms with Crippen LogP contribution in [0.4, 0.5) is 4.39 Å². The minimum absolute atomic E-state index is 0.214. The maximum atomic E-state index is 13.3. The highest BCUT2D eigenvalue weighted by Crippen LogP contribution is 2.33. The highest BCUT2D eigenvalue weighted by atomic mass is 32.2. The Morgan fingerprint density at radius 2 is 2.08 bits per heavy atom. The van der Waals surface area contributed by atoms with E-state index in [0.29, 0.717) is 12.5 Å². The van der Waals surface area contributed by atoms with Crippen molar-refractivity contribution in [2.24, 2.45) is 17.6 Å². The van der Waals surface area contributed by atoms with Crippen LogP contribution >= 0.6 is 11.8 Å². The standard InChI is InChI=1S/C10H20FNS/c1-8(11)10(2-5-12)9-3-6-13-7-4-9/h8-10H,2-7,12H2,1H3. The van der Waals surface area contributed by atoms with Crippen LogP contribution in [0, 0.1) is 11.8 Å². The van der Waals surface area contributed by atoms with E-state index in [4.69, 9.17) is 5.73 Å². The zero-order valence-electron chi connectivity index (χ0n) is 8.34. The van der Waals surface area contributed by atoms with Crippen molar-refractivity contribution in [3.63, 3.8) is 0 Å². The molecule has 78 valence electrons. The number of alkyl halides is 1. The summed E-state index contributed by atoms with van der Waals surface area (Å²) >= 11 is 1.99. The van der Waals surface area contributed by atoms with Gasteiger partial charge < -0.3 is 5.73 Å². The van der Waals surface area contributed by atoms with E-state index in [9.17, 15) is 4.39 Å². The molecule has 0 spiro atoms. The third-order valence-corrected chi connectivity index (χ3v) is 4.01. The van der Waals surface area contributed by atoms with Gasteiger partial charge in [0, 0.05) is 0 Å². The minimum atomic E-state index is -0.684. The Hall–Kier alpha value is 0.240. The second-order valence-corrected chi connectivity index (χ2v) is 5.09. The largest absolute Gasteiger partial charge is 0.330 e. The SMILES string of the molecule is CC(F)C(CCN)C1CCSCC1. The second-order valence-electron chi connectivity index (χ2n) is 3.87. The van der Waals surface area contributed by atoms with Crippen LogP contribution in [0.5, 0.6) is 0 Å². The van der Waals surface area contributed by atoms with E-state index in [-0.39, 0.29) is 5.92 Å². The molecule has 1 heterocycles. The smallest absolute Gasteiger partial charge is 0.100 e. The Kier molecular flexibility index (Phi) is 5.10. The summed E-state index contributed by atoms with van der Waals surface area (Å²) < 4.78 is 13.3. The topological polar surface area (TPSA) is 26.0 Å². The highest BCUT2D eigenvalue weighted by Gasteiger charge is 2.27. The van der Waals surface area contributed by atoms with Crippen LogP contribution in [0.15, 0.2) is 0 Å². The second kappa shape index (κ2) is 5.86. The molecule has 2 N–H and O–H groups in total. The number of thioether (sulfide) groups is 1. The third kappa shape index (κ3) is 3.47. The van der Waals surface area contributed by atoms with Gasteiger partial charge in [0.25, 0.3) is 0 Å². The molecule has 0 aliphatic carbocycles. The summed E-state index contributed by atoms with van der Waals surface area (Å²) in [5.41, 5.74) is 5.50. The van der Waals surface area contributed by atoms with Crippen molar-refractivity contribution >= 4 is 11.8 Å². The zero-order valence-corrected chi connectivity index (χ0v) is 9.15. The summed E-state index contributed by atoms with van der Waals surface area (Å²) in [6.45, 7) is 2.31. The van der Waals surface area contributed by atoms with Gasteiger partial charge in [-0.2, -0.15) is 11.8 Å². The fraction of sp³-hybridized carbons (Fsp3) is 1.00. The van der Waals surface area contributed by atoms with Crippen molar-refractivity contribution in [3.8, 4) is 0 Å². The van der Waals surface area contributed by atoms with Gasteiger partial charge in [-0.3, -0.25) is 0 Å². The Morgan fingerprint density at radius 1 is 1.46 bits per heavy atom. The van der Waals surface area contributed by atoms with E-state index < -0.39 is 6.17 Å². The molecule has 0 aromatic carbocycles. The molecule has 13 heavy (non-hydrogen) atoms. The van der Waals surface area contributed by atoms with Crippen LogP contribution in [0.2, 0.25) is 0 Å².